The molecule has 0 radical (unpaired) electrons. The minimum atomic E-state index is -0.694. The molecule has 1 fully saturated rings. The molecule has 0 bridgehead atoms. The van der Waals surface area contributed by atoms with Crippen LogP contribution in [0.4, 0.5) is 4.79 Å². The second-order valence-corrected chi connectivity index (χ2v) is 9.53. The fourth-order valence-corrected chi connectivity index (χ4v) is 4.67. The zero-order valence-corrected chi connectivity index (χ0v) is 19.9. The lowest BCUT2D eigenvalue weighted by atomic mass is 9.96. The summed E-state index contributed by atoms with van der Waals surface area (Å²) in [6, 6.07) is 25.1. The Hall–Kier alpha value is -3.86. The summed E-state index contributed by atoms with van der Waals surface area (Å²) in [4.78, 5) is 29.3. The fraction of sp³-hybridized carbons (Fsp3) is 0.267. The van der Waals surface area contributed by atoms with Gasteiger partial charge < -0.3 is 15.0 Å². The number of ether oxygens (including phenoxy) is 1. The number of rotatable bonds is 9. The molecule has 5 nitrogen and oxygen atoms in total. The third-order valence-corrected chi connectivity index (χ3v) is 6.89. The molecule has 0 saturated heterocycles. The Morgan fingerprint density at radius 3 is 2.43 bits per heavy atom. The quantitative estimate of drug-likeness (QED) is 0.321. The SMILES string of the molecule is CC1CC1c1ccc(CC(=O)C(Cc2c[nH]c3ccccc23)NC(=O)OCc2ccccc2)cc1. The van der Waals surface area contributed by atoms with E-state index in [1.807, 2.05) is 72.9 Å². The summed E-state index contributed by atoms with van der Waals surface area (Å²) in [7, 11) is 0. The topological polar surface area (TPSA) is 71.2 Å². The van der Waals surface area contributed by atoms with Crippen LogP contribution in [0.25, 0.3) is 10.9 Å². The van der Waals surface area contributed by atoms with Crippen molar-refractivity contribution in [3.63, 3.8) is 0 Å². The van der Waals surface area contributed by atoms with Crippen molar-refractivity contribution < 1.29 is 14.3 Å². The average Bonchev–Trinajstić information content (AvgIpc) is 3.48. The molecule has 35 heavy (non-hydrogen) atoms. The lowest BCUT2D eigenvalue weighted by Crippen LogP contribution is -2.43. The van der Waals surface area contributed by atoms with E-state index in [0.717, 1.165) is 33.5 Å². The molecule has 1 saturated carbocycles. The number of hydrogen-bond donors (Lipinski definition) is 2. The first-order valence-corrected chi connectivity index (χ1v) is 12.2. The first kappa shape index (κ1) is 22.9. The number of alkyl carbamates (subject to hydrolysis) is 1. The third-order valence-electron chi connectivity index (χ3n) is 6.89. The van der Waals surface area contributed by atoms with Crippen LogP contribution in [0.2, 0.25) is 0 Å². The molecule has 2 N–H and O–H groups in total. The number of H-pyrrole nitrogens is 1. The molecule has 3 unspecified atom stereocenters. The van der Waals surface area contributed by atoms with Gasteiger partial charge in [-0.2, -0.15) is 0 Å². The number of ketones is 1. The first-order chi connectivity index (χ1) is 17.1. The second kappa shape index (κ2) is 10.2. The zero-order valence-electron chi connectivity index (χ0n) is 19.9. The Morgan fingerprint density at radius 2 is 1.69 bits per heavy atom. The molecular weight excluding hydrogens is 436 g/mol. The fourth-order valence-electron chi connectivity index (χ4n) is 4.67. The van der Waals surface area contributed by atoms with Gasteiger partial charge in [0.15, 0.2) is 5.78 Å². The van der Waals surface area contributed by atoms with Crippen LogP contribution < -0.4 is 5.32 Å². The molecule has 1 aromatic heterocycles. The van der Waals surface area contributed by atoms with Crippen LogP contribution in [0.3, 0.4) is 0 Å². The van der Waals surface area contributed by atoms with Gasteiger partial charge in [-0.25, -0.2) is 4.79 Å². The molecule has 0 aliphatic heterocycles. The summed E-state index contributed by atoms with van der Waals surface area (Å²) in [6.45, 7) is 2.42. The van der Waals surface area contributed by atoms with Gasteiger partial charge in [0.1, 0.15) is 6.61 Å². The van der Waals surface area contributed by atoms with Gasteiger partial charge in [-0.1, -0.05) is 79.7 Å². The monoisotopic (exact) mass is 466 g/mol. The molecular formula is C30H30N2O3. The summed E-state index contributed by atoms with van der Waals surface area (Å²) >= 11 is 0. The maximum Gasteiger partial charge on any atom is 0.408 e. The molecule has 1 heterocycles. The Labute approximate surface area is 205 Å². The number of Topliss-reactive ketones (excluding diaryl/α,β-unsaturated/α-hetero) is 1. The van der Waals surface area contributed by atoms with Crippen molar-refractivity contribution in [3.8, 4) is 0 Å². The number of benzene rings is 3. The molecule has 5 heteroatoms. The van der Waals surface area contributed by atoms with E-state index in [2.05, 4.69) is 29.4 Å². The molecule has 3 aromatic carbocycles. The van der Waals surface area contributed by atoms with E-state index in [1.54, 1.807) is 0 Å². The molecule has 1 aliphatic carbocycles. The average molecular weight is 467 g/mol. The standard InChI is InChI=1S/C30H30N2O3/c1-20-15-26(20)23-13-11-21(12-14-23)16-29(33)28(17-24-18-31-27-10-6-5-9-25(24)27)32-30(34)35-19-22-7-3-2-4-8-22/h2-14,18,20,26,28,31H,15-17,19H2,1H3,(H,32,34). The van der Waals surface area contributed by atoms with Crippen LogP contribution in [-0.2, 0) is 29.0 Å². The number of fused-ring (bicyclic) bond motifs is 1. The van der Waals surface area contributed by atoms with Crippen LogP contribution in [0.1, 0.15) is 41.5 Å². The number of carbonyl (C=O) groups excluding carboxylic acids is 2. The summed E-state index contributed by atoms with van der Waals surface area (Å²) in [5, 5.41) is 3.88. The predicted octanol–water partition coefficient (Wildman–Crippen LogP) is 5.94. The number of para-hydroxylation sites is 1. The highest BCUT2D eigenvalue weighted by molar-refractivity contribution is 5.90. The van der Waals surface area contributed by atoms with Crippen molar-refractivity contribution in [2.45, 2.75) is 44.8 Å². The summed E-state index contributed by atoms with van der Waals surface area (Å²) in [5.41, 5.74) is 5.18. The highest BCUT2D eigenvalue weighted by Crippen LogP contribution is 2.46. The van der Waals surface area contributed by atoms with Gasteiger partial charge in [-0.15, -0.1) is 0 Å². The molecule has 178 valence electrons. The lowest BCUT2D eigenvalue weighted by Gasteiger charge is -2.18. The molecule has 1 aliphatic rings. The van der Waals surface area contributed by atoms with E-state index in [4.69, 9.17) is 4.74 Å². The molecule has 4 aromatic rings. The van der Waals surface area contributed by atoms with Crippen molar-refractivity contribution in [2.75, 3.05) is 0 Å². The largest absolute Gasteiger partial charge is 0.445 e. The van der Waals surface area contributed by atoms with Gasteiger partial charge in [-0.3, -0.25) is 4.79 Å². The van der Waals surface area contributed by atoms with Crippen molar-refractivity contribution in [1.82, 2.24) is 10.3 Å². The smallest absolute Gasteiger partial charge is 0.408 e. The summed E-state index contributed by atoms with van der Waals surface area (Å²) < 4.78 is 5.41. The maximum absolute atomic E-state index is 13.4. The number of carbonyl (C=O) groups is 2. The lowest BCUT2D eigenvalue weighted by molar-refractivity contribution is -0.120. The van der Waals surface area contributed by atoms with Gasteiger partial charge in [0.2, 0.25) is 0 Å². The highest BCUT2D eigenvalue weighted by atomic mass is 16.5. The van der Waals surface area contributed by atoms with Crippen LogP contribution in [0.15, 0.2) is 85.1 Å². The van der Waals surface area contributed by atoms with Crippen molar-refractivity contribution in [3.05, 3.63) is 107 Å². The van der Waals surface area contributed by atoms with Crippen molar-refractivity contribution in [1.29, 1.82) is 0 Å². The van der Waals surface area contributed by atoms with Crippen LogP contribution in [0.5, 0.6) is 0 Å². The molecule has 0 spiro atoms. The first-order valence-electron chi connectivity index (χ1n) is 12.2. The molecule has 5 rings (SSSR count). The Kier molecular flexibility index (Phi) is 6.66. The minimum Gasteiger partial charge on any atom is -0.445 e. The van der Waals surface area contributed by atoms with E-state index < -0.39 is 12.1 Å². The van der Waals surface area contributed by atoms with Gasteiger partial charge in [0, 0.05) is 29.9 Å². The van der Waals surface area contributed by atoms with E-state index in [-0.39, 0.29) is 18.8 Å². The van der Waals surface area contributed by atoms with E-state index in [9.17, 15) is 9.59 Å². The Bertz CT molecular complexity index is 1310. The zero-order chi connectivity index (χ0) is 24.2. The van der Waals surface area contributed by atoms with Crippen LogP contribution in [0, 0.1) is 5.92 Å². The summed E-state index contributed by atoms with van der Waals surface area (Å²) in [6.07, 6.45) is 3.20. The van der Waals surface area contributed by atoms with E-state index >= 15 is 0 Å². The summed E-state index contributed by atoms with van der Waals surface area (Å²) in [5.74, 6) is 1.35. The van der Waals surface area contributed by atoms with Crippen molar-refractivity contribution >= 4 is 22.8 Å². The van der Waals surface area contributed by atoms with E-state index in [0.29, 0.717) is 12.3 Å². The third kappa shape index (κ3) is 5.62. The highest BCUT2D eigenvalue weighted by Gasteiger charge is 2.33. The maximum atomic E-state index is 13.4. The number of nitrogens with one attached hydrogen (secondary N) is 2. The van der Waals surface area contributed by atoms with Gasteiger partial charge in [0.05, 0.1) is 6.04 Å². The predicted molar refractivity (Wildman–Crippen MR) is 137 cm³/mol. The van der Waals surface area contributed by atoms with Gasteiger partial charge in [0.25, 0.3) is 0 Å². The van der Waals surface area contributed by atoms with Crippen LogP contribution in [-0.4, -0.2) is 22.9 Å². The number of amides is 1. The normalized spacial score (nSPS) is 17.6. The Morgan fingerprint density at radius 1 is 0.971 bits per heavy atom. The van der Waals surface area contributed by atoms with Gasteiger partial charge in [-0.05, 0) is 46.6 Å². The Balaban J connectivity index is 1.29. The van der Waals surface area contributed by atoms with Crippen LogP contribution >= 0.6 is 0 Å². The van der Waals surface area contributed by atoms with Crippen molar-refractivity contribution in [2.24, 2.45) is 5.92 Å². The number of hydrogen-bond acceptors (Lipinski definition) is 3. The number of aromatic amines is 1. The molecule has 1 amide bonds. The number of aromatic nitrogens is 1. The van der Waals surface area contributed by atoms with E-state index in [1.165, 1.54) is 12.0 Å². The minimum absolute atomic E-state index is 0.0421. The molecule has 3 atom stereocenters. The van der Waals surface area contributed by atoms with Gasteiger partial charge >= 0.3 is 6.09 Å². The second-order valence-electron chi connectivity index (χ2n) is 9.53.